The molecule has 14 heavy (non-hydrogen) atoms. The van der Waals surface area contributed by atoms with Crippen molar-refractivity contribution in [1.29, 1.82) is 0 Å². The molecular formula is C10H11N3O. The molecule has 2 heterocycles. The van der Waals surface area contributed by atoms with Crippen molar-refractivity contribution in [3.05, 3.63) is 30.6 Å². The van der Waals surface area contributed by atoms with E-state index in [1.54, 1.807) is 12.4 Å². The van der Waals surface area contributed by atoms with Crippen molar-refractivity contribution in [2.24, 2.45) is 0 Å². The first-order valence-corrected chi connectivity index (χ1v) is 4.49. The van der Waals surface area contributed by atoms with E-state index in [9.17, 15) is 0 Å². The van der Waals surface area contributed by atoms with Gasteiger partial charge in [0.1, 0.15) is 0 Å². The maximum atomic E-state index is 5.40. The second-order valence-electron chi connectivity index (χ2n) is 2.76. The Morgan fingerprint density at radius 1 is 1.36 bits per heavy atom. The molecule has 0 radical (unpaired) electrons. The second kappa shape index (κ2) is 3.91. The third-order valence-electron chi connectivity index (χ3n) is 1.84. The van der Waals surface area contributed by atoms with E-state index in [0.717, 1.165) is 11.3 Å². The van der Waals surface area contributed by atoms with Gasteiger partial charge in [0.15, 0.2) is 0 Å². The van der Waals surface area contributed by atoms with E-state index in [-0.39, 0.29) is 0 Å². The van der Waals surface area contributed by atoms with Gasteiger partial charge in [-0.2, -0.15) is 5.10 Å². The van der Waals surface area contributed by atoms with Gasteiger partial charge in [-0.25, -0.2) is 4.98 Å². The van der Waals surface area contributed by atoms with Crippen LogP contribution in [0.25, 0.3) is 11.3 Å². The highest BCUT2D eigenvalue weighted by Crippen LogP contribution is 2.25. The van der Waals surface area contributed by atoms with E-state index in [1.807, 2.05) is 25.1 Å². The smallest absolute Gasteiger partial charge is 0.222 e. The SMILES string of the molecule is CCOc1ncccc1-c1ccn[nH]1. The maximum absolute atomic E-state index is 5.40. The largest absolute Gasteiger partial charge is 0.477 e. The molecule has 0 aliphatic rings. The van der Waals surface area contributed by atoms with Gasteiger partial charge in [-0.3, -0.25) is 5.10 Å². The summed E-state index contributed by atoms with van der Waals surface area (Å²) in [5.41, 5.74) is 1.86. The standard InChI is InChI=1S/C10H11N3O/c1-2-14-10-8(4-3-6-11-10)9-5-7-12-13-9/h3-7H,2H2,1H3,(H,12,13). The Kier molecular flexibility index (Phi) is 2.44. The van der Waals surface area contributed by atoms with Gasteiger partial charge >= 0.3 is 0 Å². The average molecular weight is 189 g/mol. The molecule has 0 saturated heterocycles. The Hall–Kier alpha value is -1.84. The van der Waals surface area contributed by atoms with Crippen molar-refractivity contribution >= 4 is 0 Å². The van der Waals surface area contributed by atoms with E-state index in [1.165, 1.54) is 0 Å². The van der Waals surface area contributed by atoms with Gasteiger partial charge < -0.3 is 4.74 Å². The number of aromatic nitrogens is 3. The fourth-order valence-corrected chi connectivity index (χ4v) is 1.25. The first kappa shape index (κ1) is 8.74. The zero-order valence-electron chi connectivity index (χ0n) is 7.90. The summed E-state index contributed by atoms with van der Waals surface area (Å²) < 4.78 is 5.40. The Morgan fingerprint density at radius 2 is 2.29 bits per heavy atom. The van der Waals surface area contributed by atoms with Gasteiger partial charge in [-0.05, 0) is 25.1 Å². The van der Waals surface area contributed by atoms with Gasteiger partial charge in [0.2, 0.25) is 5.88 Å². The lowest BCUT2D eigenvalue weighted by Gasteiger charge is -2.05. The fraction of sp³-hybridized carbons (Fsp3) is 0.200. The molecule has 0 spiro atoms. The molecule has 4 heteroatoms. The van der Waals surface area contributed by atoms with Crippen molar-refractivity contribution in [3.63, 3.8) is 0 Å². The first-order chi connectivity index (χ1) is 6.92. The molecule has 4 nitrogen and oxygen atoms in total. The second-order valence-corrected chi connectivity index (χ2v) is 2.76. The number of hydrogen-bond donors (Lipinski definition) is 1. The minimum Gasteiger partial charge on any atom is -0.477 e. The zero-order chi connectivity index (χ0) is 9.80. The van der Waals surface area contributed by atoms with Crippen molar-refractivity contribution < 1.29 is 4.74 Å². The molecular weight excluding hydrogens is 178 g/mol. The Bertz CT molecular complexity index is 398. The molecule has 2 aromatic heterocycles. The monoisotopic (exact) mass is 189 g/mol. The number of nitrogens with one attached hydrogen (secondary N) is 1. The molecule has 1 N–H and O–H groups in total. The minimum atomic E-state index is 0.609. The van der Waals surface area contributed by atoms with Crippen molar-refractivity contribution in [2.75, 3.05) is 6.61 Å². The Morgan fingerprint density at radius 3 is 3.00 bits per heavy atom. The number of nitrogens with zero attached hydrogens (tertiary/aromatic N) is 2. The molecule has 0 aliphatic carbocycles. The van der Waals surface area contributed by atoms with Gasteiger partial charge in [-0.15, -0.1) is 0 Å². The van der Waals surface area contributed by atoms with Crippen LogP contribution in [0, 0.1) is 0 Å². The molecule has 2 aromatic rings. The lowest BCUT2D eigenvalue weighted by atomic mass is 10.2. The van der Waals surface area contributed by atoms with Crippen LogP contribution >= 0.6 is 0 Å². The Balaban J connectivity index is 2.42. The van der Waals surface area contributed by atoms with Crippen LogP contribution in [-0.2, 0) is 0 Å². The summed E-state index contributed by atoms with van der Waals surface area (Å²) in [6.07, 6.45) is 3.42. The molecule has 2 rings (SSSR count). The summed E-state index contributed by atoms with van der Waals surface area (Å²) in [7, 11) is 0. The van der Waals surface area contributed by atoms with Crippen LogP contribution in [0.4, 0.5) is 0 Å². The third-order valence-corrected chi connectivity index (χ3v) is 1.84. The van der Waals surface area contributed by atoms with E-state index in [2.05, 4.69) is 15.2 Å². The van der Waals surface area contributed by atoms with Crippen molar-refractivity contribution in [1.82, 2.24) is 15.2 Å². The predicted octanol–water partition coefficient (Wildman–Crippen LogP) is 1.87. The topological polar surface area (TPSA) is 50.8 Å². The number of rotatable bonds is 3. The summed E-state index contributed by atoms with van der Waals surface area (Å²) in [5.74, 6) is 0.638. The summed E-state index contributed by atoms with van der Waals surface area (Å²) >= 11 is 0. The maximum Gasteiger partial charge on any atom is 0.222 e. The number of hydrogen-bond acceptors (Lipinski definition) is 3. The van der Waals surface area contributed by atoms with E-state index in [0.29, 0.717) is 12.5 Å². The summed E-state index contributed by atoms with van der Waals surface area (Å²) in [4.78, 5) is 4.15. The lowest BCUT2D eigenvalue weighted by molar-refractivity contribution is 0.328. The molecule has 0 saturated carbocycles. The molecule has 0 bridgehead atoms. The summed E-state index contributed by atoms with van der Waals surface area (Å²) in [6, 6.07) is 5.71. The number of aromatic amines is 1. The molecule has 0 amide bonds. The van der Waals surface area contributed by atoms with Gasteiger partial charge in [-0.1, -0.05) is 0 Å². The zero-order valence-corrected chi connectivity index (χ0v) is 7.90. The number of H-pyrrole nitrogens is 1. The van der Waals surface area contributed by atoms with Gasteiger partial charge in [0.05, 0.1) is 17.9 Å². The van der Waals surface area contributed by atoms with Gasteiger partial charge in [0, 0.05) is 12.4 Å². The molecule has 0 fully saturated rings. The van der Waals surface area contributed by atoms with Crippen LogP contribution in [0.5, 0.6) is 5.88 Å². The summed E-state index contributed by atoms with van der Waals surface area (Å²) in [5, 5.41) is 6.77. The summed E-state index contributed by atoms with van der Waals surface area (Å²) in [6.45, 7) is 2.55. The van der Waals surface area contributed by atoms with Crippen LogP contribution in [0.2, 0.25) is 0 Å². The molecule has 0 atom stereocenters. The lowest BCUT2D eigenvalue weighted by Crippen LogP contribution is -1.96. The molecule has 0 aromatic carbocycles. The number of ether oxygens (including phenoxy) is 1. The molecule has 0 aliphatic heterocycles. The highest BCUT2D eigenvalue weighted by Gasteiger charge is 2.06. The fourth-order valence-electron chi connectivity index (χ4n) is 1.25. The highest BCUT2D eigenvalue weighted by molar-refractivity contribution is 5.64. The molecule has 72 valence electrons. The van der Waals surface area contributed by atoms with Crippen LogP contribution in [0.15, 0.2) is 30.6 Å². The first-order valence-electron chi connectivity index (χ1n) is 4.49. The van der Waals surface area contributed by atoms with Crippen LogP contribution in [-0.4, -0.2) is 21.8 Å². The van der Waals surface area contributed by atoms with E-state index in [4.69, 9.17) is 4.74 Å². The highest BCUT2D eigenvalue weighted by atomic mass is 16.5. The van der Waals surface area contributed by atoms with Crippen LogP contribution < -0.4 is 4.74 Å². The van der Waals surface area contributed by atoms with E-state index >= 15 is 0 Å². The Labute approximate surface area is 81.9 Å². The van der Waals surface area contributed by atoms with Crippen LogP contribution in [0.1, 0.15) is 6.92 Å². The quantitative estimate of drug-likeness (QED) is 0.801. The van der Waals surface area contributed by atoms with E-state index < -0.39 is 0 Å². The van der Waals surface area contributed by atoms with Gasteiger partial charge in [0.25, 0.3) is 0 Å². The normalized spacial score (nSPS) is 10.1. The third kappa shape index (κ3) is 1.59. The average Bonchev–Trinajstić information content (AvgIpc) is 2.72. The van der Waals surface area contributed by atoms with Crippen molar-refractivity contribution in [2.45, 2.75) is 6.92 Å². The van der Waals surface area contributed by atoms with Crippen molar-refractivity contribution in [3.8, 4) is 17.1 Å². The minimum absolute atomic E-state index is 0.609. The number of pyridine rings is 1. The molecule has 0 unspecified atom stereocenters. The predicted molar refractivity (Wildman–Crippen MR) is 53.0 cm³/mol. The van der Waals surface area contributed by atoms with Crippen LogP contribution in [0.3, 0.4) is 0 Å².